The molecule has 0 saturated heterocycles. The van der Waals surface area contributed by atoms with E-state index in [1.165, 1.54) is 23.3 Å². The van der Waals surface area contributed by atoms with Crippen LogP contribution in [0.2, 0.25) is 0 Å². The fraction of sp³-hybridized carbons (Fsp3) is 0.400. The maximum Gasteiger partial charge on any atom is 0.199 e. The van der Waals surface area contributed by atoms with Crippen LogP contribution in [0, 0.1) is 11.7 Å². The molecule has 1 aromatic carbocycles. The highest BCUT2D eigenvalue weighted by atomic mass is 32.1. The summed E-state index contributed by atoms with van der Waals surface area (Å²) in [6.45, 7) is 6.80. The minimum atomic E-state index is 0.660. The lowest BCUT2D eigenvalue weighted by atomic mass is 10.1. The SMILES string of the molecule is CCn1c(-c2cccc(C)c2)nn(CN(Cc2cccs2)C2CC2)c1=S. The van der Waals surface area contributed by atoms with Crippen molar-refractivity contribution in [1.29, 1.82) is 0 Å². The van der Waals surface area contributed by atoms with Gasteiger partial charge in [-0.1, -0.05) is 29.8 Å². The van der Waals surface area contributed by atoms with Gasteiger partial charge in [0.1, 0.15) is 0 Å². The third-order valence-corrected chi connectivity index (χ3v) is 6.13. The molecule has 26 heavy (non-hydrogen) atoms. The quantitative estimate of drug-likeness (QED) is 0.531. The molecule has 0 spiro atoms. The highest BCUT2D eigenvalue weighted by Gasteiger charge is 2.30. The Morgan fingerprint density at radius 2 is 2.12 bits per heavy atom. The molecule has 4 nitrogen and oxygen atoms in total. The Labute approximate surface area is 163 Å². The molecule has 136 valence electrons. The molecule has 2 heterocycles. The van der Waals surface area contributed by atoms with Crippen molar-refractivity contribution in [2.24, 2.45) is 0 Å². The summed E-state index contributed by atoms with van der Waals surface area (Å²) < 4.78 is 4.95. The first kappa shape index (κ1) is 17.6. The molecular weight excluding hydrogens is 360 g/mol. The topological polar surface area (TPSA) is 26.0 Å². The minimum absolute atomic E-state index is 0.660. The third kappa shape index (κ3) is 3.68. The molecule has 1 aliphatic rings. The van der Waals surface area contributed by atoms with Crippen LogP contribution in [0.15, 0.2) is 41.8 Å². The van der Waals surface area contributed by atoms with E-state index in [0.717, 1.165) is 35.9 Å². The van der Waals surface area contributed by atoms with Crippen LogP contribution in [0.4, 0.5) is 0 Å². The van der Waals surface area contributed by atoms with Crippen LogP contribution in [-0.2, 0) is 19.8 Å². The average molecular weight is 385 g/mol. The molecule has 1 fully saturated rings. The van der Waals surface area contributed by atoms with Crippen molar-refractivity contribution < 1.29 is 0 Å². The van der Waals surface area contributed by atoms with Gasteiger partial charge in [-0.15, -0.1) is 11.3 Å². The van der Waals surface area contributed by atoms with Crippen molar-refractivity contribution >= 4 is 23.6 Å². The molecule has 0 amide bonds. The maximum atomic E-state index is 5.76. The van der Waals surface area contributed by atoms with E-state index in [9.17, 15) is 0 Å². The molecule has 1 aliphatic carbocycles. The van der Waals surface area contributed by atoms with Gasteiger partial charge in [-0.05, 0) is 56.4 Å². The van der Waals surface area contributed by atoms with Crippen LogP contribution < -0.4 is 0 Å². The zero-order valence-electron chi connectivity index (χ0n) is 15.3. The van der Waals surface area contributed by atoms with Gasteiger partial charge in [0.05, 0.1) is 6.67 Å². The Hall–Kier alpha value is -1.76. The molecule has 4 rings (SSSR count). The van der Waals surface area contributed by atoms with E-state index in [1.54, 1.807) is 0 Å². The summed E-state index contributed by atoms with van der Waals surface area (Å²) in [5.74, 6) is 0.966. The lowest BCUT2D eigenvalue weighted by Gasteiger charge is -2.20. The molecule has 6 heteroatoms. The molecule has 0 N–H and O–H groups in total. The number of benzene rings is 1. The summed E-state index contributed by atoms with van der Waals surface area (Å²) in [6, 6.07) is 13.5. The standard InChI is InChI=1S/C20H24N4S2/c1-3-23-19(16-7-4-6-15(2)12-16)21-24(20(23)25)14-22(17-9-10-17)13-18-8-5-11-26-18/h4-8,11-12,17H,3,9-10,13-14H2,1-2H3. The Bertz CT molecular complexity index is 935. The van der Waals surface area contributed by atoms with Crippen molar-refractivity contribution in [3.8, 4) is 11.4 Å². The van der Waals surface area contributed by atoms with Gasteiger partial charge in [-0.25, -0.2) is 4.68 Å². The van der Waals surface area contributed by atoms with E-state index in [1.807, 2.05) is 16.0 Å². The molecular formula is C20H24N4S2. The largest absolute Gasteiger partial charge is 0.300 e. The maximum absolute atomic E-state index is 5.76. The fourth-order valence-electron chi connectivity index (χ4n) is 3.32. The van der Waals surface area contributed by atoms with Crippen molar-refractivity contribution in [3.63, 3.8) is 0 Å². The van der Waals surface area contributed by atoms with Crippen LogP contribution in [0.1, 0.15) is 30.2 Å². The van der Waals surface area contributed by atoms with Crippen molar-refractivity contribution in [3.05, 3.63) is 57.0 Å². The predicted octanol–water partition coefficient (Wildman–Crippen LogP) is 5.09. The lowest BCUT2D eigenvalue weighted by molar-refractivity contribution is 0.188. The molecule has 0 radical (unpaired) electrons. The van der Waals surface area contributed by atoms with E-state index >= 15 is 0 Å². The van der Waals surface area contributed by atoms with Gasteiger partial charge in [0.2, 0.25) is 0 Å². The van der Waals surface area contributed by atoms with E-state index in [4.69, 9.17) is 17.3 Å². The second-order valence-corrected chi connectivity index (χ2v) is 8.32. The smallest absolute Gasteiger partial charge is 0.199 e. The molecule has 0 atom stereocenters. The molecule has 0 unspecified atom stereocenters. The number of thiophene rings is 1. The van der Waals surface area contributed by atoms with Crippen molar-refractivity contribution in [1.82, 2.24) is 19.2 Å². The van der Waals surface area contributed by atoms with Gasteiger partial charge >= 0.3 is 0 Å². The second kappa shape index (κ2) is 7.47. The van der Waals surface area contributed by atoms with Gasteiger partial charge in [0, 0.05) is 29.6 Å². The number of hydrogen-bond acceptors (Lipinski definition) is 4. The van der Waals surface area contributed by atoms with Gasteiger partial charge in [-0.2, -0.15) is 5.10 Å². The predicted molar refractivity (Wildman–Crippen MR) is 110 cm³/mol. The average Bonchev–Trinajstić information content (AvgIpc) is 3.27. The number of hydrogen-bond donors (Lipinski definition) is 0. The van der Waals surface area contributed by atoms with Gasteiger partial charge in [0.15, 0.2) is 10.6 Å². The molecule has 3 aromatic rings. The van der Waals surface area contributed by atoms with Crippen LogP contribution in [-0.4, -0.2) is 25.3 Å². The summed E-state index contributed by atoms with van der Waals surface area (Å²) >= 11 is 7.58. The number of rotatable bonds is 7. The van der Waals surface area contributed by atoms with E-state index < -0.39 is 0 Å². The highest BCUT2D eigenvalue weighted by Crippen LogP contribution is 2.30. The number of aryl methyl sites for hydroxylation is 1. The summed E-state index contributed by atoms with van der Waals surface area (Å²) in [7, 11) is 0. The Balaban J connectivity index is 1.65. The van der Waals surface area contributed by atoms with Crippen LogP contribution in [0.3, 0.4) is 0 Å². The normalized spacial score (nSPS) is 14.3. The minimum Gasteiger partial charge on any atom is -0.300 e. The Kier molecular flexibility index (Phi) is 5.07. The second-order valence-electron chi connectivity index (χ2n) is 6.92. The van der Waals surface area contributed by atoms with E-state index in [-0.39, 0.29) is 0 Å². The first-order valence-electron chi connectivity index (χ1n) is 9.17. The Morgan fingerprint density at radius 1 is 1.27 bits per heavy atom. The van der Waals surface area contributed by atoms with Gasteiger partial charge < -0.3 is 4.57 Å². The van der Waals surface area contributed by atoms with Crippen molar-refractivity contribution in [2.45, 2.75) is 52.5 Å². The summed E-state index contributed by atoms with van der Waals surface area (Å²) in [4.78, 5) is 3.91. The number of aromatic nitrogens is 3. The zero-order chi connectivity index (χ0) is 18.1. The fourth-order valence-corrected chi connectivity index (χ4v) is 4.37. The third-order valence-electron chi connectivity index (χ3n) is 4.83. The zero-order valence-corrected chi connectivity index (χ0v) is 16.9. The summed E-state index contributed by atoms with van der Waals surface area (Å²) in [5, 5.41) is 7.05. The molecule has 0 bridgehead atoms. The van der Waals surface area contributed by atoms with Gasteiger partial charge in [-0.3, -0.25) is 4.90 Å². The molecule has 2 aromatic heterocycles. The summed E-state index contributed by atoms with van der Waals surface area (Å²) in [5.41, 5.74) is 2.37. The lowest BCUT2D eigenvalue weighted by Crippen LogP contribution is -2.28. The van der Waals surface area contributed by atoms with E-state index in [0.29, 0.717) is 6.04 Å². The monoisotopic (exact) mass is 384 g/mol. The first-order valence-corrected chi connectivity index (χ1v) is 10.5. The molecule has 0 aliphatic heterocycles. The van der Waals surface area contributed by atoms with Gasteiger partial charge in [0.25, 0.3) is 0 Å². The summed E-state index contributed by atoms with van der Waals surface area (Å²) in [6.07, 6.45) is 2.55. The highest BCUT2D eigenvalue weighted by molar-refractivity contribution is 7.71. The first-order chi connectivity index (χ1) is 12.7. The van der Waals surface area contributed by atoms with Crippen molar-refractivity contribution in [2.75, 3.05) is 0 Å². The molecule has 1 saturated carbocycles. The van der Waals surface area contributed by atoms with E-state index in [2.05, 4.69) is 65.1 Å². The van der Waals surface area contributed by atoms with Crippen LogP contribution in [0.25, 0.3) is 11.4 Å². The number of nitrogens with zero attached hydrogens (tertiary/aromatic N) is 4. The van der Waals surface area contributed by atoms with Crippen LogP contribution in [0.5, 0.6) is 0 Å². The Morgan fingerprint density at radius 3 is 2.77 bits per heavy atom. The van der Waals surface area contributed by atoms with Crippen LogP contribution >= 0.6 is 23.6 Å².